The van der Waals surface area contributed by atoms with Crippen molar-refractivity contribution in [3.8, 4) is 0 Å². The van der Waals surface area contributed by atoms with Gasteiger partial charge in [0.25, 0.3) is 0 Å². The lowest BCUT2D eigenvalue weighted by Crippen LogP contribution is -2.32. The molecular formula is C14H21NS. The zero-order valence-electron chi connectivity index (χ0n) is 10.1. The number of hydrogen-bond donors (Lipinski definition) is 1. The van der Waals surface area contributed by atoms with Crippen LogP contribution in [0.2, 0.25) is 0 Å². The molecule has 0 radical (unpaired) electrons. The molecule has 0 amide bonds. The molecule has 2 rings (SSSR count). The van der Waals surface area contributed by atoms with Crippen molar-refractivity contribution in [2.45, 2.75) is 44.0 Å². The van der Waals surface area contributed by atoms with Gasteiger partial charge in [0.05, 0.1) is 0 Å². The van der Waals surface area contributed by atoms with E-state index in [0.29, 0.717) is 12.1 Å². The molecule has 1 nitrogen and oxygen atoms in total. The highest BCUT2D eigenvalue weighted by Gasteiger charge is 2.23. The molecule has 0 bridgehead atoms. The second-order valence-electron chi connectivity index (χ2n) is 4.61. The van der Waals surface area contributed by atoms with E-state index in [1.807, 2.05) is 0 Å². The molecule has 3 atom stereocenters. The Morgan fingerprint density at radius 3 is 2.69 bits per heavy atom. The highest BCUT2D eigenvalue weighted by molar-refractivity contribution is 8.00. The van der Waals surface area contributed by atoms with Gasteiger partial charge < -0.3 is 5.32 Å². The van der Waals surface area contributed by atoms with E-state index in [-0.39, 0.29) is 0 Å². The number of rotatable bonds is 4. The summed E-state index contributed by atoms with van der Waals surface area (Å²) in [5, 5.41) is 4.62. The van der Waals surface area contributed by atoms with Crippen LogP contribution in [0.15, 0.2) is 30.3 Å². The molecule has 1 saturated heterocycles. The van der Waals surface area contributed by atoms with Crippen LogP contribution in [0.4, 0.5) is 0 Å². The highest BCUT2D eigenvalue weighted by Crippen LogP contribution is 2.28. The van der Waals surface area contributed by atoms with E-state index in [2.05, 4.69) is 61.3 Å². The van der Waals surface area contributed by atoms with Crippen LogP contribution in [-0.2, 0) is 0 Å². The first-order chi connectivity index (χ1) is 7.79. The Kier molecular flexibility index (Phi) is 4.30. The van der Waals surface area contributed by atoms with E-state index in [4.69, 9.17) is 0 Å². The minimum absolute atomic E-state index is 0.525. The van der Waals surface area contributed by atoms with Crippen molar-refractivity contribution in [3.05, 3.63) is 35.9 Å². The second kappa shape index (κ2) is 5.74. The Labute approximate surface area is 103 Å². The molecule has 1 N–H and O–H groups in total. The van der Waals surface area contributed by atoms with Crippen LogP contribution in [0.3, 0.4) is 0 Å². The Morgan fingerprint density at radius 2 is 2.12 bits per heavy atom. The highest BCUT2D eigenvalue weighted by atomic mass is 32.2. The summed E-state index contributed by atoms with van der Waals surface area (Å²) < 4.78 is 0. The van der Waals surface area contributed by atoms with Crippen LogP contribution in [0.25, 0.3) is 0 Å². The summed E-state index contributed by atoms with van der Waals surface area (Å²) >= 11 is 2.09. The molecule has 0 saturated carbocycles. The summed E-state index contributed by atoms with van der Waals surface area (Å²) in [5.41, 5.74) is 1.43. The molecule has 88 valence electrons. The fourth-order valence-corrected chi connectivity index (χ4v) is 3.51. The third kappa shape index (κ3) is 3.02. The number of nitrogens with one attached hydrogen (secondary N) is 1. The third-order valence-electron chi connectivity index (χ3n) is 3.25. The van der Waals surface area contributed by atoms with Crippen molar-refractivity contribution in [1.29, 1.82) is 0 Å². The van der Waals surface area contributed by atoms with Gasteiger partial charge in [-0.15, -0.1) is 0 Å². The molecule has 0 aliphatic carbocycles. The summed E-state index contributed by atoms with van der Waals surface area (Å²) in [6.45, 7) is 4.59. The third-order valence-corrected chi connectivity index (χ3v) is 4.60. The van der Waals surface area contributed by atoms with Gasteiger partial charge in [-0.05, 0) is 18.4 Å². The van der Waals surface area contributed by atoms with Gasteiger partial charge in [-0.3, -0.25) is 0 Å². The van der Waals surface area contributed by atoms with Crippen LogP contribution in [0, 0.1) is 0 Å². The van der Waals surface area contributed by atoms with Crippen molar-refractivity contribution >= 4 is 11.8 Å². The maximum Gasteiger partial charge on any atom is 0.0320 e. The number of thioether (sulfide) groups is 1. The van der Waals surface area contributed by atoms with Crippen molar-refractivity contribution in [2.75, 3.05) is 5.75 Å². The molecular weight excluding hydrogens is 214 g/mol. The van der Waals surface area contributed by atoms with Crippen molar-refractivity contribution < 1.29 is 0 Å². The fourth-order valence-electron chi connectivity index (χ4n) is 2.35. The van der Waals surface area contributed by atoms with Crippen molar-refractivity contribution in [1.82, 2.24) is 5.32 Å². The molecule has 1 heterocycles. The van der Waals surface area contributed by atoms with E-state index >= 15 is 0 Å². The lowest BCUT2D eigenvalue weighted by atomic mass is 10.0. The van der Waals surface area contributed by atoms with Gasteiger partial charge in [0.2, 0.25) is 0 Å². The first-order valence-electron chi connectivity index (χ1n) is 6.22. The van der Waals surface area contributed by atoms with E-state index < -0.39 is 0 Å². The molecule has 1 aliphatic rings. The van der Waals surface area contributed by atoms with Gasteiger partial charge >= 0.3 is 0 Å². The van der Waals surface area contributed by atoms with Gasteiger partial charge in [0, 0.05) is 23.1 Å². The Hall–Kier alpha value is -0.470. The van der Waals surface area contributed by atoms with Crippen molar-refractivity contribution in [2.24, 2.45) is 0 Å². The van der Waals surface area contributed by atoms with Crippen LogP contribution in [0.5, 0.6) is 0 Å². The van der Waals surface area contributed by atoms with E-state index in [1.54, 1.807) is 0 Å². The molecule has 1 aliphatic heterocycles. The lowest BCUT2D eigenvalue weighted by molar-refractivity contribution is 0.442. The molecule has 3 unspecified atom stereocenters. The van der Waals surface area contributed by atoms with Crippen LogP contribution in [0.1, 0.15) is 38.3 Å². The maximum absolute atomic E-state index is 3.79. The normalized spacial score (nSPS) is 26.9. The average Bonchev–Trinajstić information content (AvgIpc) is 2.73. The first kappa shape index (κ1) is 12.0. The zero-order valence-corrected chi connectivity index (χ0v) is 11.0. The van der Waals surface area contributed by atoms with Gasteiger partial charge in [0.15, 0.2) is 0 Å². The summed E-state index contributed by atoms with van der Waals surface area (Å²) in [6.07, 6.45) is 2.48. The zero-order chi connectivity index (χ0) is 11.4. The SMILES string of the molecule is CCC(NC1CSC(C)C1)c1ccccc1. The average molecular weight is 235 g/mol. The maximum atomic E-state index is 3.79. The fraction of sp³-hybridized carbons (Fsp3) is 0.571. The summed E-state index contributed by atoms with van der Waals surface area (Å²) in [4.78, 5) is 0. The Morgan fingerprint density at radius 1 is 1.38 bits per heavy atom. The molecule has 2 heteroatoms. The minimum atomic E-state index is 0.525. The Balaban J connectivity index is 1.96. The lowest BCUT2D eigenvalue weighted by Gasteiger charge is -2.21. The van der Waals surface area contributed by atoms with Crippen LogP contribution < -0.4 is 5.32 Å². The largest absolute Gasteiger partial charge is 0.306 e. The predicted octanol–water partition coefficient (Wildman–Crippen LogP) is 3.62. The van der Waals surface area contributed by atoms with Gasteiger partial charge in [-0.1, -0.05) is 44.2 Å². The van der Waals surface area contributed by atoms with Gasteiger partial charge in [-0.25, -0.2) is 0 Å². The van der Waals surface area contributed by atoms with Gasteiger partial charge in [-0.2, -0.15) is 11.8 Å². The molecule has 1 aromatic rings. The molecule has 0 aromatic heterocycles. The van der Waals surface area contributed by atoms with Crippen LogP contribution in [-0.4, -0.2) is 17.0 Å². The summed E-state index contributed by atoms with van der Waals surface area (Å²) in [6, 6.07) is 12.0. The van der Waals surface area contributed by atoms with Crippen molar-refractivity contribution in [3.63, 3.8) is 0 Å². The van der Waals surface area contributed by atoms with Gasteiger partial charge in [0.1, 0.15) is 0 Å². The second-order valence-corrected chi connectivity index (χ2v) is 6.09. The smallest absolute Gasteiger partial charge is 0.0320 e. The topological polar surface area (TPSA) is 12.0 Å². The number of benzene rings is 1. The van der Waals surface area contributed by atoms with E-state index in [9.17, 15) is 0 Å². The molecule has 16 heavy (non-hydrogen) atoms. The summed E-state index contributed by atoms with van der Waals surface area (Å²) in [7, 11) is 0. The molecule has 1 fully saturated rings. The van der Waals surface area contributed by atoms with E-state index in [0.717, 1.165) is 5.25 Å². The minimum Gasteiger partial charge on any atom is -0.306 e. The number of hydrogen-bond acceptors (Lipinski definition) is 2. The molecule has 0 spiro atoms. The van der Waals surface area contributed by atoms with Crippen LogP contribution >= 0.6 is 11.8 Å². The monoisotopic (exact) mass is 235 g/mol. The summed E-state index contributed by atoms with van der Waals surface area (Å²) in [5.74, 6) is 1.27. The quantitative estimate of drug-likeness (QED) is 0.855. The van der Waals surface area contributed by atoms with E-state index in [1.165, 1.54) is 24.2 Å². The first-order valence-corrected chi connectivity index (χ1v) is 7.27. The predicted molar refractivity (Wildman–Crippen MR) is 72.9 cm³/mol. The standard InChI is InChI=1S/C14H21NS/c1-3-14(12-7-5-4-6-8-12)15-13-9-11(2)16-10-13/h4-8,11,13-15H,3,9-10H2,1-2H3. The Bertz CT molecular complexity index is 312. The molecule has 1 aromatic carbocycles.